The normalized spacial score (nSPS) is 13.2. The quantitative estimate of drug-likeness (QED) is 0.0211. The Hall–Kier alpha value is -3.53. The van der Waals surface area contributed by atoms with Gasteiger partial charge in [0.2, 0.25) is 0 Å². The van der Waals surface area contributed by atoms with Crippen molar-refractivity contribution in [1.82, 2.24) is 0 Å². The highest BCUT2D eigenvalue weighted by Gasteiger charge is 2.25. The fourth-order valence-electron chi connectivity index (χ4n) is 10.2. The predicted octanol–water partition coefficient (Wildman–Crippen LogP) is 22.2. The van der Waals surface area contributed by atoms with Gasteiger partial charge < -0.3 is 28.5 Å². The molecule has 0 bridgehead atoms. The van der Waals surface area contributed by atoms with Gasteiger partial charge in [-0.2, -0.15) is 0 Å². The molecule has 2 atom stereocenters. The van der Waals surface area contributed by atoms with E-state index in [4.69, 9.17) is 18.9 Å². The molecular weight excluding hydrogens is 1050 g/mol. The summed E-state index contributed by atoms with van der Waals surface area (Å²) in [6, 6.07) is 0. The summed E-state index contributed by atoms with van der Waals surface area (Å²) in [5.41, 5.74) is 0. The molecule has 0 spiro atoms. The van der Waals surface area contributed by atoms with Gasteiger partial charge in [-0.3, -0.25) is 9.59 Å². The van der Waals surface area contributed by atoms with Crippen LogP contribution >= 0.6 is 0 Å². The largest absolute Gasteiger partial charge is 0.477 e. The van der Waals surface area contributed by atoms with Crippen molar-refractivity contribution in [3.63, 3.8) is 0 Å². The third-order valence-electron chi connectivity index (χ3n) is 15.6. The van der Waals surface area contributed by atoms with E-state index in [1.54, 1.807) is 0 Å². The van der Waals surface area contributed by atoms with E-state index < -0.39 is 24.3 Å². The van der Waals surface area contributed by atoms with E-state index in [9.17, 15) is 19.5 Å². The predicted molar refractivity (Wildman–Crippen MR) is 364 cm³/mol. The highest BCUT2D eigenvalue weighted by Crippen LogP contribution is 2.18. The maximum absolute atomic E-state index is 13.0. The molecule has 0 aromatic carbocycles. The summed E-state index contributed by atoms with van der Waals surface area (Å²) in [6.07, 6.45) is 87.0. The Kier molecular flexibility index (Phi) is 63.7. The minimum absolute atomic E-state index is 0.181. The molecule has 0 amide bonds. The smallest absolute Gasteiger partial charge is 0.361 e. The Bertz CT molecular complexity index is 1670. The SMILES string of the molecule is CC/C=C\C/C=C\C/C=C\C/C=C\C/C=C\CCCCCCCCCCCCCCCCCCCC(=O)OC(COC(=O)CCCCCCCCCCCCCCCCC/C=C\C/C=C\CCCCCCC)COC(OCC[N+](C)(C)C)C(=O)O. The Morgan fingerprint density at radius 3 is 1.00 bits per heavy atom. The number of esters is 2. The van der Waals surface area contributed by atoms with E-state index in [-0.39, 0.29) is 32.2 Å². The van der Waals surface area contributed by atoms with Gasteiger partial charge >= 0.3 is 17.9 Å². The number of carboxylic acid groups (broad SMARTS) is 1. The van der Waals surface area contributed by atoms with Gasteiger partial charge in [0.25, 0.3) is 6.29 Å². The fourth-order valence-corrected chi connectivity index (χ4v) is 10.2. The van der Waals surface area contributed by atoms with Gasteiger partial charge in [-0.25, -0.2) is 4.79 Å². The van der Waals surface area contributed by atoms with Gasteiger partial charge in [-0.05, 0) is 89.9 Å². The first-order chi connectivity index (χ1) is 41.6. The molecule has 9 nitrogen and oxygen atoms in total. The molecule has 0 saturated carbocycles. The number of allylic oxidation sites excluding steroid dienone is 14. The van der Waals surface area contributed by atoms with Gasteiger partial charge in [0, 0.05) is 12.8 Å². The van der Waals surface area contributed by atoms with Crippen molar-refractivity contribution in [3.8, 4) is 0 Å². The lowest BCUT2D eigenvalue weighted by Crippen LogP contribution is -2.40. The third kappa shape index (κ3) is 67.8. The molecule has 0 rings (SSSR count). The van der Waals surface area contributed by atoms with Crippen LogP contribution in [0.1, 0.15) is 322 Å². The van der Waals surface area contributed by atoms with Gasteiger partial charge in [0.1, 0.15) is 13.2 Å². The van der Waals surface area contributed by atoms with E-state index in [0.717, 1.165) is 77.0 Å². The highest BCUT2D eigenvalue weighted by atomic mass is 16.7. The molecule has 0 aliphatic carbocycles. The molecule has 0 fully saturated rings. The van der Waals surface area contributed by atoms with Crippen molar-refractivity contribution in [1.29, 1.82) is 0 Å². The molecular formula is C76H136NO8+. The van der Waals surface area contributed by atoms with Crippen LogP contribution in [0.2, 0.25) is 0 Å². The number of likely N-dealkylation sites (N-methyl/N-ethyl adjacent to an activating group) is 1. The van der Waals surface area contributed by atoms with Crippen LogP contribution < -0.4 is 0 Å². The summed E-state index contributed by atoms with van der Waals surface area (Å²) in [5.74, 6) is -1.99. The average molecular weight is 1190 g/mol. The first kappa shape index (κ1) is 81.5. The summed E-state index contributed by atoms with van der Waals surface area (Å²) in [6.45, 7) is 4.79. The molecule has 0 aliphatic rings. The number of unbranched alkanes of at least 4 members (excludes halogenated alkanes) is 37. The zero-order valence-electron chi connectivity index (χ0n) is 56.3. The van der Waals surface area contributed by atoms with E-state index in [0.29, 0.717) is 17.4 Å². The van der Waals surface area contributed by atoms with Gasteiger partial charge in [-0.1, -0.05) is 304 Å². The topological polar surface area (TPSA) is 108 Å². The zero-order chi connectivity index (χ0) is 61.9. The molecule has 2 unspecified atom stereocenters. The zero-order valence-corrected chi connectivity index (χ0v) is 56.3. The van der Waals surface area contributed by atoms with Crippen molar-refractivity contribution in [3.05, 3.63) is 85.1 Å². The number of quaternary nitrogens is 1. The number of carboxylic acids is 1. The summed E-state index contributed by atoms with van der Waals surface area (Å²) < 4.78 is 23.0. The van der Waals surface area contributed by atoms with Crippen molar-refractivity contribution in [2.45, 2.75) is 334 Å². The Morgan fingerprint density at radius 1 is 0.365 bits per heavy atom. The second-order valence-corrected chi connectivity index (χ2v) is 25.2. The molecule has 1 N–H and O–H groups in total. The van der Waals surface area contributed by atoms with Crippen molar-refractivity contribution in [2.24, 2.45) is 0 Å². The van der Waals surface area contributed by atoms with E-state index in [1.165, 1.54) is 218 Å². The van der Waals surface area contributed by atoms with E-state index in [2.05, 4.69) is 98.9 Å². The van der Waals surface area contributed by atoms with Gasteiger partial charge in [0.05, 0.1) is 34.4 Å². The van der Waals surface area contributed by atoms with E-state index in [1.807, 2.05) is 21.1 Å². The average Bonchev–Trinajstić information content (AvgIpc) is 3.49. The van der Waals surface area contributed by atoms with Gasteiger partial charge in [-0.15, -0.1) is 0 Å². The number of nitrogens with zero attached hydrogens (tertiary/aromatic N) is 1. The minimum Gasteiger partial charge on any atom is -0.477 e. The third-order valence-corrected chi connectivity index (χ3v) is 15.6. The minimum atomic E-state index is -1.51. The first-order valence-corrected chi connectivity index (χ1v) is 35.8. The Labute approximate surface area is 525 Å². The van der Waals surface area contributed by atoms with Crippen LogP contribution in [-0.2, 0) is 33.3 Å². The summed E-state index contributed by atoms with van der Waals surface area (Å²) in [4.78, 5) is 37.6. The molecule has 0 saturated heterocycles. The lowest BCUT2D eigenvalue weighted by Gasteiger charge is -2.25. The number of rotatable bonds is 66. The fraction of sp³-hybridized carbons (Fsp3) is 0.776. The maximum Gasteiger partial charge on any atom is 0.361 e. The molecule has 0 heterocycles. The Morgan fingerprint density at radius 2 is 0.671 bits per heavy atom. The lowest BCUT2D eigenvalue weighted by atomic mass is 10.0. The molecule has 0 aliphatic heterocycles. The molecule has 9 heteroatoms. The second kappa shape index (κ2) is 66.4. The molecule has 492 valence electrons. The number of hydrogen-bond donors (Lipinski definition) is 1. The van der Waals surface area contributed by atoms with Crippen LogP contribution in [-0.4, -0.2) is 87.4 Å². The standard InChI is InChI=1S/C76H135NO8/c1-6-8-10-12-14-16-18-20-22-24-26-28-30-32-34-35-36-37-38-39-41-43-45-47-49-51-53-55-57-59-61-63-65-67-74(79)85-72(71-84-76(75(80)81)82-69-68-77(3,4)5)70-83-73(78)66-64-62-60-58-56-54-52-50-48-46-44-42-40-33-31-29-27-25-23-21-19-17-15-13-11-9-7-2/h8,10,14,16,19-22,25-28,32,34,72,76H,6-7,9,11-13,15,17-18,23-24,29-31,33,35-71H2,1-5H3/p+1/b10-8-,16-14-,21-19-,22-20-,27-25-,28-26-,34-32-. The number of hydrogen-bond acceptors (Lipinski definition) is 7. The number of carbonyl (C=O) groups excluding carboxylic acids is 2. The van der Waals surface area contributed by atoms with Crippen molar-refractivity contribution >= 4 is 17.9 Å². The number of ether oxygens (including phenoxy) is 4. The van der Waals surface area contributed by atoms with Crippen LogP contribution in [0.4, 0.5) is 0 Å². The van der Waals surface area contributed by atoms with Crippen LogP contribution in [0.25, 0.3) is 0 Å². The first-order valence-electron chi connectivity index (χ1n) is 35.8. The van der Waals surface area contributed by atoms with Crippen LogP contribution in [0.5, 0.6) is 0 Å². The summed E-state index contributed by atoms with van der Waals surface area (Å²) in [5, 5.41) is 9.75. The maximum atomic E-state index is 13.0. The summed E-state index contributed by atoms with van der Waals surface area (Å²) >= 11 is 0. The second-order valence-electron chi connectivity index (χ2n) is 25.2. The van der Waals surface area contributed by atoms with E-state index >= 15 is 0 Å². The lowest BCUT2D eigenvalue weighted by molar-refractivity contribution is -0.870. The monoisotopic (exact) mass is 1190 g/mol. The van der Waals surface area contributed by atoms with Crippen molar-refractivity contribution < 1.29 is 42.9 Å². The molecule has 0 aromatic heterocycles. The van der Waals surface area contributed by atoms with Gasteiger partial charge in [0.15, 0.2) is 6.10 Å². The summed E-state index contributed by atoms with van der Waals surface area (Å²) in [7, 11) is 5.98. The Balaban J connectivity index is 4.08. The molecule has 0 aromatic rings. The molecule has 0 radical (unpaired) electrons. The highest BCUT2D eigenvalue weighted by molar-refractivity contribution is 5.71. The van der Waals surface area contributed by atoms with Crippen LogP contribution in [0.3, 0.4) is 0 Å². The van der Waals surface area contributed by atoms with Crippen LogP contribution in [0, 0.1) is 0 Å². The number of aliphatic carboxylic acids is 1. The van der Waals surface area contributed by atoms with Crippen molar-refractivity contribution in [2.75, 3.05) is 47.5 Å². The molecule has 85 heavy (non-hydrogen) atoms. The van der Waals surface area contributed by atoms with Crippen LogP contribution in [0.15, 0.2) is 85.1 Å². The number of carbonyl (C=O) groups is 3.